The summed E-state index contributed by atoms with van der Waals surface area (Å²) in [7, 11) is 0. The van der Waals surface area contributed by atoms with E-state index in [1.54, 1.807) is 0 Å². The minimum absolute atomic E-state index is 0.951. The average Bonchev–Trinajstić information content (AvgIpc) is 2.59. The van der Waals surface area contributed by atoms with Gasteiger partial charge in [-0.05, 0) is 24.9 Å². The molecule has 0 amide bonds. The van der Waals surface area contributed by atoms with E-state index in [0.717, 1.165) is 18.4 Å². The summed E-state index contributed by atoms with van der Waals surface area (Å²) in [5, 5.41) is 3.48. The van der Waals surface area contributed by atoms with Crippen molar-refractivity contribution in [1.82, 2.24) is 5.32 Å². The Kier molecular flexibility index (Phi) is 4.67. The Balaban J connectivity index is 2.22. The monoisotopic (exact) mass is 169 g/mol. The summed E-state index contributed by atoms with van der Waals surface area (Å²) >= 11 is 0. The van der Waals surface area contributed by atoms with Crippen LogP contribution >= 0.6 is 0 Å². The van der Waals surface area contributed by atoms with Gasteiger partial charge in [0.2, 0.25) is 0 Å². The highest BCUT2D eigenvalue weighted by Crippen LogP contribution is 2.32. The Morgan fingerprint density at radius 1 is 1.25 bits per heavy atom. The molecule has 1 N–H and O–H groups in total. The molecule has 1 nitrogen and oxygen atoms in total. The largest absolute Gasteiger partial charge is 0.317 e. The van der Waals surface area contributed by atoms with Crippen molar-refractivity contribution >= 4 is 0 Å². The highest BCUT2D eigenvalue weighted by molar-refractivity contribution is 4.75. The maximum absolute atomic E-state index is 3.48. The number of rotatable bonds is 5. The van der Waals surface area contributed by atoms with Gasteiger partial charge in [-0.15, -0.1) is 0 Å². The maximum Gasteiger partial charge on any atom is -0.00181 e. The lowest BCUT2D eigenvalue weighted by molar-refractivity contribution is 0.316. The summed E-state index contributed by atoms with van der Waals surface area (Å²) < 4.78 is 0. The third kappa shape index (κ3) is 2.78. The normalized spacial score (nSPS) is 21.5. The summed E-state index contributed by atoms with van der Waals surface area (Å²) in [6, 6.07) is 0. The van der Waals surface area contributed by atoms with Crippen molar-refractivity contribution in [2.24, 2.45) is 11.8 Å². The second-order valence-electron chi connectivity index (χ2n) is 4.02. The van der Waals surface area contributed by atoms with Gasteiger partial charge in [0, 0.05) is 0 Å². The molecule has 12 heavy (non-hydrogen) atoms. The molecular weight excluding hydrogens is 146 g/mol. The fourth-order valence-electron chi connectivity index (χ4n) is 2.40. The zero-order chi connectivity index (χ0) is 8.81. The molecule has 0 bridgehead atoms. The summed E-state index contributed by atoms with van der Waals surface area (Å²) in [6.45, 7) is 6.91. The van der Waals surface area contributed by atoms with E-state index in [2.05, 4.69) is 19.2 Å². The van der Waals surface area contributed by atoms with Gasteiger partial charge in [-0.1, -0.05) is 46.0 Å². The van der Waals surface area contributed by atoms with E-state index in [0.29, 0.717) is 0 Å². The maximum atomic E-state index is 3.48. The molecule has 0 saturated heterocycles. The predicted octanol–water partition coefficient (Wildman–Crippen LogP) is 2.81. The second-order valence-corrected chi connectivity index (χ2v) is 4.02. The lowest BCUT2D eigenvalue weighted by atomic mass is 9.89. The summed E-state index contributed by atoms with van der Waals surface area (Å²) in [5.74, 6) is 1.99. The van der Waals surface area contributed by atoms with Crippen LogP contribution in [0.1, 0.15) is 46.0 Å². The molecule has 0 spiro atoms. The van der Waals surface area contributed by atoms with Gasteiger partial charge in [-0.25, -0.2) is 0 Å². The molecular formula is C11H23N. The van der Waals surface area contributed by atoms with Crippen molar-refractivity contribution in [1.29, 1.82) is 0 Å². The van der Waals surface area contributed by atoms with Gasteiger partial charge in [0.15, 0.2) is 0 Å². The first kappa shape index (κ1) is 10.0. The Bertz CT molecular complexity index is 106. The van der Waals surface area contributed by atoms with Crippen LogP contribution in [0.15, 0.2) is 0 Å². The van der Waals surface area contributed by atoms with Crippen LogP contribution in [0.4, 0.5) is 0 Å². The van der Waals surface area contributed by atoms with Crippen LogP contribution in [0.3, 0.4) is 0 Å². The van der Waals surface area contributed by atoms with Crippen LogP contribution < -0.4 is 5.32 Å². The third-order valence-electron chi connectivity index (χ3n) is 3.25. The highest BCUT2D eigenvalue weighted by atomic mass is 14.8. The highest BCUT2D eigenvalue weighted by Gasteiger charge is 2.22. The van der Waals surface area contributed by atoms with E-state index in [1.165, 1.54) is 38.6 Å². The van der Waals surface area contributed by atoms with Crippen LogP contribution in [0.5, 0.6) is 0 Å². The predicted molar refractivity (Wildman–Crippen MR) is 54.3 cm³/mol. The molecule has 0 heterocycles. The second kappa shape index (κ2) is 5.58. The first-order chi connectivity index (χ1) is 5.88. The zero-order valence-electron chi connectivity index (χ0n) is 8.60. The molecule has 0 aromatic heterocycles. The molecule has 0 radical (unpaired) electrons. The van der Waals surface area contributed by atoms with Gasteiger partial charge in [-0.2, -0.15) is 0 Å². The van der Waals surface area contributed by atoms with Crippen molar-refractivity contribution in [2.45, 2.75) is 46.0 Å². The first-order valence-electron chi connectivity index (χ1n) is 5.59. The van der Waals surface area contributed by atoms with E-state index in [1.807, 2.05) is 0 Å². The smallest absolute Gasteiger partial charge is 0.00181 e. The van der Waals surface area contributed by atoms with E-state index in [4.69, 9.17) is 0 Å². The molecule has 1 heteroatoms. The van der Waals surface area contributed by atoms with Gasteiger partial charge < -0.3 is 5.32 Å². The van der Waals surface area contributed by atoms with Crippen molar-refractivity contribution < 1.29 is 0 Å². The molecule has 0 aliphatic heterocycles. The number of nitrogens with one attached hydrogen (secondary N) is 1. The van der Waals surface area contributed by atoms with Crippen molar-refractivity contribution in [3.63, 3.8) is 0 Å². The average molecular weight is 169 g/mol. The zero-order valence-corrected chi connectivity index (χ0v) is 8.60. The SMILES string of the molecule is CCNCC(CC)C1CCCC1. The fourth-order valence-corrected chi connectivity index (χ4v) is 2.40. The van der Waals surface area contributed by atoms with Crippen molar-refractivity contribution in [2.75, 3.05) is 13.1 Å². The summed E-state index contributed by atoms with van der Waals surface area (Å²) in [6.07, 6.45) is 7.30. The van der Waals surface area contributed by atoms with E-state index < -0.39 is 0 Å². The molecule has 1 fully saturated rings. The van der Waals surface area contributed by atoms with E-state index in [-0.39, 0.29) is 0 Å². The lowest BCUT2D eigenvalue weighted by Crippen LogP contribution is -2.26. The van der Waals surface area contributed by atoms with Crippen LogP contribution in [-0.4, -0.2) is 13.1 Å². The summed E-state index contributed by atoms with van der Waals surface area (Å²) in [5.41, 5.74) is 0. The molecule has 0 aromatic carbocycles. The molecule has 72 valence electrons. The number of hydrogen-bond acceptors (Lipinski definition) is 1. The molecule has 1 aliphatic rings. The van der Waals surface area contributed by atoms with E-state index in [9.17, 15) is 0 Å². The Morgan fingerprint density at radius 3 is 2.42 bits per heavy atom. The van der Waals surface area contributed by atoms with Gasteiger partial charge >= 0.3 is 0 Å². The van der Waals surface area contributed by atoms with Gasteiger partial charge in [-0.3, -0.25) is 0 Å². The Morgan fingerprint density at radius 2 is 1.92 bits per heavy atom. The molecule has 1 atom stereocenters. The van der Waals surface area contributed by atoms with Crippen LogP contribution in [0.25, 0.3) is 0 Å². The molecule has 1 unspecified atom stereocenters. The van der Waals surface area contributed by atoms with Crippen LogP contribution in [-0.2, 0) is 0 Å². The molecule has 1 saturated carbocycles. The fraction of sp³-hybridized carbons (Fsp3) is 1.00. The molecule has 0 aromatic rings. The van der Waals surface area contributed by atoms with Gasteiger partial charge in [0.25, 0.3) is 0 Å². The Hall–Kier alpha value is -0.0400. The minimum atomic E-state index is 0.951. The third-order valence-corrected chi connectivity index (χ3v) is 3.25. The van der Waals surface area contributed by atoms with Crippen LogP contribution in [0, 0.1) is 11.8 Å². The van der Waals surface area contributed by atoms with Crippen molar-refractivity contribution in [3.05, 3.63) is 0 Å². The molecule has 1 aliphatic carbocycles. The van der Waals surface area contributed by atoms with Crippen LogP contribution in [0.2, 0.25) is 0 Å². The lowest BCUT2D eigenvalue weighted by Gasteiger charge is -2.21. The van der Waals surface area contributed by atoms with Crippen molar-refractivity contribution in [3.8, 4) is 0 Å². The molecule has 1 rings (SSSR count). The summed E-state index contributed by atoms with van der Waals surface area (Å²) in [4.78, 5) is 0. The first-order valence-corrected chi connectivity index (χ1v) is 5.59. The Labute approximate surface area is 76.9 Å². The van der Waals surface area contributed by atoms with Gasteiger partial charge in [0.05, 0.1) is 0 Å². The topological polar surface area (TPSA) is 12.0 Å². The quantitative estimate of drug-likeness (QED) is 0.667. The van der Waals surface area contributed by atoms with E-state index >= 15 is 0 Å². The minimum Gasteiger partial charge on any atom is -0.317 e. The van der Waals surface area contributed by atoms with Gasteiger partial charge in [0.1, 0.15) is 0 Å². The number of hydrogen-bond donors (Lipinski definition) is 1. The standard InChI is InChI=1S/C11H23N/c1-3-10(9-12-4-2)11-7-5-6-8-11/h10-12H,3-9H2,1-2H3.